The van der Waals surface area contributed by atoms with Crippen LogP contribution in [-0.2, 0) is 6.54 Å². The maximum absolute atomic E-state index is 11.5. The second-order valence-corrected chi connectivity index (χ2v) is 3.85. The van der Waals surface area contributed by atoms with Gasteiger partial charge in [-0.2, -0.15) is 5.10 Å². The average molecular weight is 236 g/mol. The number of aromatic nitrogens is 2. The Hall–Kier alpha value is -1.81. The highest BCUT2D eigenvalue weighted by Crippen LogP contribution is 2.09. The number of nitrogens with zero attached hydrogens (tertiary/aromatic N) is 2. The molecule has 4 nitrogen and oxygen atoms in total. The summed E-state index contributed by atoms with van der Waals surface area (Å²) in [4.78, 5) is 11.5. The summed E-state index contributed by atoms with van der Waals surface area (Å²) in [6.07, 6.45) is 1.46. The summed E-state index contributed by atoms with van der Waals surface area (Å²) < 4.78 is 1.35. The molecule has 0 bridgehead atoms. The van der Waals surface area contributed by atoms with Crippen LogP contribution in [0.5, 0.6) is 0 Å². The second kappa shape index (κ2) is 4.37. The number of nitrogen functional groups attached to an aromatic ring is 1. The lowest BCUT2D eigenvalue weighted by atomic mass is 10.2. The molecule has 2 rings (SSSR count). The van der Waals surface area contributed by atoms with E-state index in [0.717, 1.165) is 5.56 Å². The van der Waals surface area contributed by atoms with Crippen LogP contribution in [0, 0.1) is 0 Å². The van der Waals surface area contributed by atoms with Crippen molar-refractivity contribution in [3.63, 3.8) is 0 Å². The predicted octanol–water partition coefficient (Wildman–Crippen LogP) is 1.53. The van der Waals surface area contributed by atoms with Gasteiger partial charge in [-0.1, -0.05) is 23.7 Å². The Labute approximate surface area is 97.3 Å². The Morgan fingerprint density at radius 2 is 2.00 bits per heavy atom. The van der Waals surface area contributed by atoms with Crippen LogP contribution in [0.3, 0.4) is 0 Å². The minimum absolute atomic E-state index is 0.213. The minimum Gasteiger partial charge on any atom is -0.397 e. The number of halogens is 1. The largest absolute Gasteiger partial charge is 0.397 e. The molecule has 0 atom stereocenters. The molecular weight excluding hydrogens is 226 g/mol. The first-order valence-corrected chi connectivity index (χ1v) is 5.10. The molecule has 0 fully saturated rings. The molecule has 0 saturated carbocycles. The van der Waals surface area contributed by atoms with E-state index in [1.54, 1.807) is 12.1 Å². The first kappa shape index (κ1) is 10.7. The van der Waals surface area contributed by atoms with Gasteiger partial charge in [0, 0.05) is 11.1 Å². The van der Waals surface area contributed by atoms with E-state index in [1.807, 2.05) is 12.1 Å². The van der Waals surface area contributed by atoms with Crippen molar-refractivity contribution in [1.29, 1.82) is 0 Å². The Balaban J connectivity index is 2.27. The molecule has 0 spiro atoms. The van der Waals surface area contributed by atoms with Crippen molar-refractivity contribution in [3.8, 4) is 0 Å². The third-order valence-corrected chi connectivity index (χ3v) is 2.39. The molecule has 2 N–H and O–H groups in total. The highest BCUT2D eigenvalue weighted by atomic mass is 35.5. The van der Waals surface area contributed by atoms with Gasteiger partial charge in [0.05, 0.1) is 18.4 Å². The summed E-state index contributed by atoms with van der Waals surface area (Å²) in [6.45, 7) is 0.413. The first-order valence-electron chi connectivity index (χ1n) is 4.72. The zero-order valence-electron chi connectivity index (χ0n) is 8.43. The summed E-state index contributed by atoms with van der Waals surface area (Å²) >= 11 is 5.77. The number of benzene rings is 1. The van der Waals surface area contributed by atoms with Gasteiger partial charge in [-0.25, -0.2) is 4.68 Å². The molecular formula is C11H10ClN3O. The molecule has 0 aliphatic carbocycles. The quantitative estimate of drug-likeness (QED) is 0.859. The highest BCUT2D eigenvalue weighted by Gasteiger charge is 1.99. The van der Waals surface area contributed by atoms with Gasteiger partial charge in [0.2, 0.25) is 0 Å². The van der Waals surface area contributed by atoms with E-state index in [2.05, 4.69) is 5.10 Å². The number of anilines is 1. The molecule has 1 aromatic carbocycles. The minimum atomic E-state index is -0.213. The van der Waals surface area contributed by atoms with Crippen LogP contribution >= 0.6 is 11.6 Å². The normalized spacial score (nSPS) is 10.3. The Kier molecular flexibility index (Phi) is 2.92. The van der Waals surface area contributed by atoms with E-state index in [0.29, 0.717) is 17.3 Å². The molecule has 1 heterocycles. The molecule has 16 heavy (non-hydrogen) atoms. The van der Waals surface area contributed by atoms with Crippen molar-refractivity contribution in [1.82, 2.24) is 9.78 Å². The summed E-state index contributed by atoms with van der Waals surface area (Å²) in [7, 11) is 0. The molecule has 5 heteroatoms. The van der Waals surface area contributed by atoms with Gasteiger partial charge in [0.25, 0.3) is 5.56 Å². The van der Waals surface area contributed by atoms with E-state index >= 15 is 0 Å². The van der Waals surface area contributed by atoms with Crippen molar-refractivity contribution < 1.29 is 0 Å². The van der Waals surface area contributed by atoms with Crippen LogP contribution in [0.1, 0.15) is 5.56 Å². The van der Waals surface area contributed by atoms with Crippen molar-refractivity contribution in [2.24, 2.45) is 0 Å². The number of rotatable bonds is 2. The molecule has 0 amide bonds. The van der Waals surface area contributed by atoms with Gasteiger partial charge >= 0.3 is 0 Å². The molecule has 0 aliphatic heterocycles. The van der Waals surface area contributed by atoms with Crippen LogP contribution in [0.15, 0.2) is 41.3 Å². The summed E-state index contributed by atoms with van der Waals surface area (Å²) in [5.41, 5.74) is 6.57. The fourth-order valence-electron chi connectivity index (χ4n) is 1.33. The molecule has 0 radical (unpaired) electrons. The van der Waals surface area contributed by atoms with Crippen LogP contribution in [0.4, 0.5) is 5.69 Å². The number of hydrogen-bond donors (Lipinski definition) is 1. The molecule has 1 aromatic heterocycles. The second-order valence-electron chi connectivity index (χ2n) is 3.41. The van der Waals surface area contributed by atoms with Gasteiger partial charge in [-0.3, -0.25) is 4.79 Å². The van der Waals surface area contributed by atoms with Crippen molar-refractivity contribution in [2.75, 3.05) is 5.73 Å². The van der Waals surface area contributed by atoms with Crippen LogP contribution < -0.4 is 11.3 Å². The first-order chi connectivity index (χ1) is 7.65. The lowest BCUT2D eigenvalue weighted by molar-refractivity contribution is 0.640. The molecule has 0 aliphatic rings. The van der Waals surface area contributed by atoms with Crippen LogP contribution in [0.2, 0.25) is 5.02 Å². The Morgan fingerprint density at radius 1 is 1.31 bits per heavy atom. The Morgan fingerprint density at radius 3 is 2.62 bits per heavy atom. The van der Waals surface area contributed by atoms with E-state index in [-0.39, 0.29) is 5.56 Å². The third-order valence-electron chi connectivity index (χ3n) is 2.14. The molecule has 0 unspecified atom stereocenters. The van der Waals surface area contributed by atoms with Gasteiger partial charge in [0.1, 0.15) is 0 Å². The van der Waals surface area contributed by atoms with E-state index in [9.17, 15) is 4.79 Å². The summed E-state index contributed by atoms with van der Waals surface area (Å²) in [5.74, 6) is 0. The summed E-state index contributed by atoms with van der Waals surface area (Å²) in [5, 5.41) is 4.61. The molecule has 0 saturated heterocycles. The van der Waals surface area contributed by atoms with Crippen molar-refractivity contribution in [3.05, 3.63) is 57.5 Å². The van der Waals surface area contributed by atoms with E-state index < -0.39 is 0 Å². The standard InChI is InChI=1S/C11H10ClN3O/c12-9-3-1-8(2-4-9)7-15-11(16)5-10(13)6-14-15/h1-6H,7,13H2. The van der Waals surface area contributed by atoms with E-state index in [1.165, 1.54) is 16.9 Å². The van der Waals surface area contributed by atoms with E-state index in [4.69, 9.17) is 17.3 Å². The molecule has 82 valence electrons. The predicted molar refractivity (Wildman–Crippen MR) is 63.5 cm³/mol. The van der Waals surface area contributed by atoms with Crippen LogP contribution in [0.25, 0.3) is 0 Å². The van der Waals surface area contributed by atoms with Gasteiger partial charge in [0.15, 0.2) is 0 Å². The van der Waals surface area contributed by atoms with Gasteiger partial charge in [-0.05, 0) is 17.7 Å². The fraction of sp³-hybridized carbons (Fsp3) is 0.0909. The topological polar surface area (TPSA) is 60.9 Å². The monoisotopic (exact) mass is 235 g/mol. The Bertz CT molecular complexity index is 548. The van der Waals surface area contributed by atoms with Crippen molar-refractivity contribution >= 4 is 17.3 Å². The highest BCUT2D eigenvalue weighted by molar-refractivity contribution is 6.30. The maximum atomic E-state index is 11.5. The van der Waals surface area contributed by atoms with Crippen molar-refractivity contribution in [2.45, 2.75) is 6.54 Å². The number of hydrogen-bond acceptors (Lipinski definition) is 3. The fourth-order valence-corrected chi connectivity index (χ4v) is 1.46. The van der Waals surface area contributed by atoms with Gasteiger partial charge in [-0.15, -0.1) is 0 Å². The molecule has 2 aromatic rings. The third kappa shape index (κ3) is 2.41. The summed E-state index contributed by atoms with van der Waals surface area (Å²) in [6, 6.07) is 8.61. The average Bonchev–Trinajstić information content (AvgIpc) is 2.25. The zero-order valence-corrected chi connectivity index (χ0v) is 9.19. The van der Waals surface area contributed by atoms with Crippen LogP contribution in [-0.4, -0.2) is 9.78 Å². The lowest BCUT2D eigenvalue weighted by Gasteiger charge is -2.04. The van der Waals surface area contributed by atoms with Gasteiger partial charge < -0.3 is 5.73 Å². The number of nitrogens with two attached hydrogens (primary N) is 1. The SMILES string of the molecule is Nc1cnn(Cc2ccc(Cl)cc2)c(=O)c1. The smallest absolute Gasteiger partial charge is 0.269 e. The zero-order chi connectivity index (χ0) is 11.5. The maximum Gasteiger partial charge on any atom is 0.269 e. The lowest BCUT2D eigenvalue weighted by Crippen LogP contribution is -2.22.